The van der Waals surface area contributed by atoms with Crippen LogP contribution in [0.3, 0.4) is 0 Å². The van der Waals surface area contributed by atoms with Crippen molar-refractivity contribution in [1.82, 2.24) is 0 Å². The summed E-state index contributed by atoms with van der Waals surface area (Å²) >= 11 is 12.5. The fraction of sp³-hybridized carbons (Fsp3) is 0.0714. The lowest BCUT2D eigenvalue weighted by atomic mass is 10.1. The summed E-state index contributed by atoms with van der Waals surface area (Å²) in [6, 6.07) is 12.3. The van der Waals surface area contributed by atoms with Crippen molar-refractivity contribution in [3.63, 3.8) is 0 Å². The highest BCUT2D eigenvalue weighted by molar-refractivity contribution is 9.11. The van der Waals surface area contributed by atoms with Crippen molar-refractivity contribution >= 4 is 49.2 Å². The smallest absolute Gasteiger partial charge is 0.200 e. The molecule has 0 spiro atoms. The van der Waals surface area contributed by atoms with Gasteiger partial charge in [0.1, 0.15) is 5.75 Å². The average Bonchev–Trinajstić information content (AvgIpc) is 2.38. The minimum absolute atomic E-state index is 0.0120. The Morgan fingerprint density at radius 3 is 2.42 bits per heavy atom. The van der Waals surface area contributed by atoms with Crippen LogP contribution in [-0.4, -0.2) is 12.4 Å². The Hall–Kier alpha value is -0.840. The maximum Gasteiger partial charge on any atom is 0.200 e. The van der Waals surface area contributed by atoms with Gasteiger partial charge in [0.2, 0.25) is 0 Å². The Balaban J connectivity index is 2.02. The first kappa shape index (κ1) is 14.6. The number of halogens is 3. The number of Topliss-reactive ketones (excluding diaryl/α,β-unsaturated/α-hetero) is 1. The quantitative estimate of drug-likeness (QED) is 0.661. The summed E-state index contributed by atoms with van der Waals surface area (Å²) in [6.45, 7) is -0.0120. The van der Waals surface area contributed by atoms with Crippen LogP contribution < -0.4 is 4.74 Å². The molecule has 5 heteroatoms. The van der Waals surface area contributed by atoms with Gasteiger partial charge in [-0.25, -0.2) is 0 Å². The van der Waals surface area contributed by atoms with Crippen LogP contribution >= 0.6 is 43.5 Å². The van der Waals surface area contributed by atoms with E-state index in [-0.39, 0.29) is 12.4 Å². The van der Waals surface area contributed by atoms with Crippen molar-refractivity contribution in [2.24, 2.45) is 0 Å². The van der Waals surface area contributed by atoms with E-state index in [1.807, 2.05) is 12.1 Å². The normalized spacial score (nSPS) is 10.3. The van der Waals surface area contributed by atoms with Gasteiger partial charge in [0.15, 0.2) is 12.4 Å². The molecule has 0 aromatic heterocycles. The average molecular weight is 404 g/mol. The lowest BCUT2D eigenvalue weighted by Gasteiger charge is -2.08. The van der Waals surface area contributed by atoms with Crippen LogP contribution in [0.25, 0.3) is 0 Å². The van der Waals surface area contributed by atoms with Crippen LogP contribution in [0.1, 0.15) is 10.4 Å². The first-order valence-corrected chi connectivity index (χ1v) is 7.39. The van der Waals surface area contributed by atoms with E-state index in [4.69, 9.17) is 16.3 Å². The monoisotopic (exact) mass is 402 g/mol. The summed E-state index contributed by atoms with van der Waals surface area (Å²) in [5.41, 5.74) is 0.581. The van der Waals surface area contributed by atoms with Crippen molar-refractivity contribution < 1.29 is 9.53 Å². The fourth-order valence-electron chi connectivity index (χ4n) is 1.45. The number of benzene rings is 2. The van der Waals surface area contributed by atoms with E-state index in [0.29, 0.717) is 16.3 Å². The molecular formula is C14H9Br2ClO2. The molecule has 0 amide bonds. The molecule has 0 bridgehead atoms. The molecule has 0 fully saturated rings. The van der Waals surface area contributed by atoms with Crippen molar-refractivity contribution in [3.8, 4) is 5.75 Å². The summed E-state index contributed by atoms with van der Waals surface area (Å²) in [5.74, 6) is 0.539. The highest BCUT2D eigenvalue weighted by Crippen LogP contribution is 2.28. The molecule has 0 unspecified atom stereocenters. The van der Waals surface area contributed by atoms with Gasteiger partial charge >= 0.3 is 0 Å². The molecule has 0 atom stereocenters. The van der Waals surface area contributed by atoms with Crippen molar-refractivity contribution in [1.29, 1.82) is 0 Å². The van der Waals surface area contributed by atoms with Crippen molar-refractivity contribution in [2.45, 2.75) is 0 Å². The summed E-state index contributed by atoms with van der Waals surface area (Å²) in [5, 5.41) is 0.605. The number of carbonyl (C=O) groups excluding carboxylic acids is 1. The zero-order valence-electron chi connectivity index (χ0n) is 9.70. The van der Waals surface area contributed by atoms with E-state index in [1.54, 1.807) is 30.3 Å². The van der Waals surface area contributed by atoms with Gasteiger partial charge in [0.25, 0.3) is 0 Å². The second kappa shape index (κ2) is 6.55. The molecule has 0 radical (unpaired) electrons. The van der Waals surface area contributed by atoms with E-state index in [2.05, 4.69) is 31.9 Å². The first-order valence-electron chi connectivity index (χ1n) is 5.43. The number of ketones is 1. The second-order valence-electron chi connectivity index (χ2n) is 3.79. The maximum absolute atomic E-state index is 11.9. The number of hydrogen-bond donors (Lipinski definition) is 0. The molecule has 0 aliphatic heterocycles. The van der Waals surface area contributed by atoms with Crippen LogP contribution in [0, 0.1) is 0 Å². The molecule has 2 aromatic carbocycles. The first-order chi connectivity index (χ1) is 9.06. The largest absolute Gasteiger partial charge is 0.484 e. The molecule has 0 saturated carbocycles. The predicted molar refractivity (Wildman–Crippen MR) is 83.1 cm³/mol. The van der Waals surface area contributed by atoms with E-state index in [9.17, 15) is 4.79 Å². The molecule has 0 heterocycles. The van der Waals surface area contributed by atoms with Gasteiger partial charge in [-0.1, -0.05) is 27.5 Å². The van der Waals surface area contributed by atoms with Crippen LogP contribution in [0.2, 0.25) is 5.02 Å². The molecule has 0 saturated heterocycles. The lowest BCUT2D eigenvalue weighted by Crippen LogP contribution is -2.11. The van der Waals surface area contributed by atoms with Crippen LogP contribution in [0.4, 0.5) is 0 Å². The molecule has 2 rings (SSSR count). The topological polar surface area (TPSA) is 26.3 Å². The number of rotatable bonds is 4. The fourth-order valence-corrected chi connectivity index (χ4v) is 2.74. The number of hydrogen-bond acceptors (Lipinski definition) is 2. The van der Waals surface area contributed by atoms with Crippen molar-refractivity contribution in [3.05, 3.63) is 62.0 Å². The molecule has 0 aliphatic rings. The molecule has 2 aromatic rings. The molecule has 0 N–H and O–H groups in total. The Morgan fingerprint density at radius 2 is 1.79 bits per heavy atom. The van der Waals surface area contributed by atoms with Gasteiger partial charge in [-0.3, -0.25) is 4.79 Å². The molecule has 2 nitrogen and oxygen atoms in total. The third-order valence-corrected chi connectivity index (χ3v) is 3.78. The number of carbonyl (C=O) groups is 1. The third kappa shape index (κ3) is 4.06. The standard InChI is InChI=1S/C14H9Br2ClO2/c15-10-3-6-14(12(16)7-10)19-8-13(18)9-1-4-11(17)5-2-9/h1-7H,8H2. The zero-order chi connectivity index (χ0) is 13.8. The van der Waals surface area contributed by atoms with Crippen LogP contribution in [-0.2, 0) is 0 Å². The molecular weight excluding hydrogens is 395 g/mol. The SMILES string of the molecule is O=C(COc1ccc(Br)cc1Br)c1ccc(Cl)cc1. The Morgan fingerprint density at radius 1 is 1.11 bits per heavy atom. The van der Waals surface area contributed by atoms with Crippen LogP contribution in [0.5, 0.6) is 5.75 Å². The molecule has 19 heavy (non-hydrogen) atoms. The van der Waals surface area contributed by atoms with Gasteiger partial charge in [0.05, 0.1) is 4.47 Å². The van der Waals surface area contributed by atoms with E-state index < -0.39 is 0 Å². The van der Waals surface area contributed by atoms with Gasteiger partial charge in [-0.05, 0) is 58.4 Å². The summed E-state index contributed by atoms with van der Waals surface area (Å²) in [7, 11) is 0. The molecule has 0 aliphatic carbocycles. The van der Waals surface area contributed by atoms with Gasteiger partial charge in [0, 0.05) is 15.1 Å². The minimum Gasteiger partial charge on any atom is -0.484 e. The van der Waals surface area contributed by atoms with Gasteiger partial charge < -0.3 is 4.74 Å². The lowest BCUT2D eigenvalue weighted by molar-refractivity contribution is 0.0921. The Bertz CT molecular complexity index is 597. The minimum atomic E-state index is -0.0912. The number of ether oxygens (including phenoxy) is 1. The van der Waals surface area contributed by atoms with E-state index in [0.717, 1.165) is 8.95 Å². The third-order valence-electron chi connectivity index (χ3n) is 2.42. The summed E-state index contributed by atoms with van der Waals surface area (Å²) in [6.07, 6.45) is 0. The molecule has 98 valence electrons. The Kier molecular flexibility index (Phi) is 5.02. The van der Waals surface area contributed by atoms with Gasteiger partial charge in [-0.15, -0.1) is 0 Å². The second-order valence-corrected chi connectivity index (χ2v) is 6.00. The summed E-state index contributed by atoms with van der Waals surface area (Å²) < 4.78 is 7.23. The maximum atomic E-state index is 11.9. The highest BCUT2D eigenvalue weighted by atomic mass is 79.9. The highest BCUT2D eigenvalue weighted by Gasteiger charge is 2.08. The van der Waals surface area contributed by atoms with E-state index >= 15 is 0 Å². The zero-order valence-corrected chi connectivity index (χ0v) is 13.6. The van der Waals surface area contributed by atoms with Crippen LogP contribution in [0.15, 0.2) is 51.4 Å². The predicted octanol–water partition coefficient (Wildman–Crippen LogP) is 5.13. The summed E-state index contributed by atoms with van der Waals surface area (Å²) in [4.78, 5) is 11.9. The Labute approximate surface area is 133 Å². The van der Waals surface area contributed by atoms with Gasteiger partial charge in [-0.2, -0.15) is 0 Å². The van der Waals surface area contributed by atoms with E-state index in [1.165, 1.54) is 0 Å². The van der Waals surface area contributed by atoms with Crippen molar-refractivity contribution in [2.75, 3.05) is 6.61 Å².